The third-order valence-corrected chi connectivity index (χ3v) is 3.18. The number of non-ortho nitro benzene ring substituents is 1. The van der Waals surface area contributed by atoms with Crippen LogP contribution >= 0.6 is 0 Å². The Kier molecular flexibility index (Phi) is 3.93. The summed E-state index contributed by atoms with van der Waals surface area (Å²) in [6.07, 6.45) is 0. The Morgan fingerprint density at radius 2 is 2.26 bits per heavy atom. The molecule has 1 aromatic rings. The Labute approximate surface area is 109 Å². The molecule has 1 aliphatic heterocycles. The van der Waals surface area contributed by atoms with Gasteiger partial charge >= 0.3 is 0 Å². The van der Waals surface area contributed by atoms with Crippen molar-refractivity contribution in [3.05, 3.63) is 34.1 Å². The van der Waals surface area contributed by atoms with E-state index in [1.807, 2.05) is 0 Å². The van der Waals surface area contributed by atoms with Crippen LogP contribution in [0, 0.1) is 15.9 Å². The molecule has 3 N–H and O–H groups in total. The fourth-order valence-corrected chi connectivity index (χ4v) is 2.20. The van der Waals surface area contributed by atoms with Crippen LogP contribution in [-0.4, -0.2) is 47.3 Å². The molecule has 1 heterocycles. The Bertz CT molecular complexity index is 485. The average Bonchev–Trinajstić information content (AvgIpc) is 2.38. The maximum Gasteiger partial charge on any atom is 0.272 e. The van der Waals surface area contributed by atoms with Crippen LogP contribution in [0.2, 0.25) is 0 Å². The normalized spacial score (nSPS) is 20.6. The van der Waals surface area contributed by atoms with Gasteiger partial charge in [0.1, 0.15) is 0 Å². The highest BCUT2D eigenvalue weighted by atomic mass is 19.1. The number of nitro groups is 1. The minimum Gasteiger partial charge on any atom is -0.394 e. The number of hydrogen-bond donors (Lipinski definition) is 2. The lowest BCUT2D eigenvalue weighted by Crippen LogP contribution is -2.57. The zero-order valence-electron chi connectivity index (χ0n) is 10.2. The fourth-order valence-electron chi connectivity index (χ4n) is 2.20. The molecule has 19 heavy (non-hydrogen) atoms. The number of halogens is 1. The van der Waals surface area contributed by atoms with Gasteiger partial charge in [-0.05, 0) is 6.07 Å². The van der Waals surface area contributed by atoms with Crippen molar-refractivity contribution in [1.82, 2.24) is 5.01 Å². The molecule has 0 saturated carbocycles. The summed E-state index contributed by atoms with van der Waals surface area (Å²) in [5, 5.41) is 21.4. The minimum atomic E-state index is -0.668. The third-order valence-electron chi connectivity index (χ3n) is 3.18. The maximum atomic E-state index is 13.9. The first-order valence-electron chi connectivity index (χ1n) is 5.84. The van der Waals surface area contributed by atoms with Crippen molar-refractivity contribution in [3.8, 4) is 0 Å². The number of piperazine rings is 1. The molecule has 2 rings (SSSR count). The van der Waals surface area contributed by atoms with E-state index in [0.29, 0.717) is 19.6 Å². The quantitative estimate of drug-likeness (QED) is 0.459. The molecule has 1 aromatic carbocycles. The molecule has 1 saturated heterocycles. The second-order valence-corrected chi connectivity index (χ2v) is 4.42. The van der Waals surface area contributed by atoms with E-state index in [1.165, 1.54) is 12.1 Å². The standard InChI is InChI=1S/C11H15FN4O3/c12-10-5-8(16(18)19)1-2-11(10)15-4-3-14(13)6-9(15)7-17/h1-2,5,9,17H,3-4,6-7,13H2. The average molecular weight is 270 g/mol. The predicted molar refractivity (Wildman–Crippen MR) is 67.0 cm³/mol. The van der Waals surface area contributed by atoms with E-state index in [-0.39, 0.29) is 24.0 Å². The fraction of sp³-hybridized carbons (Fsp3) is 0.455. The van der Waals surface area contributed by atoms with Gasteiger partial charge < -0.3 is 10.0 Å². The monoisotopic (exact) mass is 270 g/mol. The molecule has 1 atom stereocenters. The van der Waals surface area contributed by atoms with Gasteiger partial charge in [-0.1, -0.05) is 0 Å². The number of nitro benzene ring substituents is 1. The van der Waals surface area contributed by atoms with Crippen LogP contribution in [0.15, 0.2) is 18.2 Å². The molecule has 0 amide bonds. The molecular weight excluding hydrogens is 255 g/mol. The summed E-state index contributed by atoms with van der Waals surface area (Å²) in [5.41, 5.74) is -0.0444. The first-order valence-corrected chi connectivity index (χ1v) is 5.84. The maximum absolute atomic E-state index is 13.9. The number of rotatable bonds is 3. The summed E-state index contributed by atoms with van der Waals surface area (Å²) in [5.74, 6) is 4.99. The van der Waals surface area contributed by atoms with Gasteiger partial charge in [-0.15, -0.1) is 0 Å². The van der Waals surface area contributed by atoms with Crippen LogP contribution in [0.1, 0.15) is 0 Å². The highest BCUT2D eigenvalue weighted by Crippen LogP contribution is 2.26. The van der Waals surface area contributed by atoms with Crippen molar-refractivity contribution in [2.24, 2.45) is 5.84 Å². The van der Waals surface area contributed by atoms with E-state index in [0.717, 1.165) is 6.07 Å². The molecule has 8 heteroatoms. The number of nitrogens with zero attached hydrogens (tertiary/aromatic N) is 3. The number of aliphatic hydroxyl groups is 1. The highest BCUT2D eigenvalue weighted by Gasteiger charge is 2.27. The lowest BCUT2D eigenvalue weighted by atomic mass is 10.1. The summed E-state index contributed by atoms with van der Waals surface area (Å²) in [6.45, 7) is 1.24. The van der Waals surface area contributed by atoms with Gasteiger partial charge in [-0.25, -0.2) is 9.40 Å². The van der Waals surface area contributed by atoms with Gasteiger partial charge in [0.05, 0.1) is 29.3 Å². The summed E-state index contributed by atoms with van der Waals surface area (Å²) in [7, 11) is 0. The molecule has 1 fully saturated rings. The van der Waals surface area contributed by atoms with Crippen LogP contribution in [0.3, 0.4) is 0 Å². The van der Waals surface area contributed by atoms with Gasteiger partial charge in [0.25, 0.3) is 5.69 Å². The SMILES string of the molecule is NN1CCN(c2ccc([N+](=O)[O-])cc2F)C(CO)C1. The number of anilines is 1. The topological polar surface area (TPSA) is 95.9 Å². The summed E-state index contributed by atoms with van der Waals surface area (Å²) in [6, 6.07) is 3.18. The predicted octanol–water partition coefficient (Wildman–Crippen LogP) is 0.0905. The largest absolute Gasteiger partial charge is 0.394 e. The van der Waals surface area contributed by atoms with Crippen LogP contribution in [0.25, 0.3) is 0 Å². The first kappa shape index (κ1) is 13.7. The molecule has 0 aromatic heterocycles. The molecule has 1 aliphatic rings. The first-order chi connectivity index (χ1) is 9.02. The van der Waals surface area contributed by atoms with Crippen molar-refractivity contribution in [2.45, 2.75) is 6.04 Å². The summed E-state index contributed by atoms with van der Waals surface area (Å²) >= 11 is 0. The zero-order valence-corrected chi connectivity index (χ0v) is 10.2. The van der Waals surface area contributed by atoms with Crippen molar-refractivity contribution in [1.29, 1.82) is 0 Å². The Morgan fingerprint density at radius 3 is 2.84 bits per heavy atom. The van der Waals surface area contributed by atoms with Gasteiger partial charge in [-0.3, -0.25) is 16.0 Å². The van der Waals surface area contributed by atoms with Crippen molar-refractivity contribution < 1.29 is 14.4 Å². The molecule has 0 aliphatic carbocycles. The van der Waals surface area contributed by atoms with Crippen LogP contribution < -0.4 is 10.7 Å². The van der Waals surface area contributed by atoms with E-state index < -0.39 is 10.7 Å². The third kappa shape index (κ3) is 2.80. The number of hydrazine groups is 1. The Morgan fingerprint density at radius 1 is 1.53 bits per heavy atom. The molecule has 0 bridgehead atoms. The van der Waals surface area contributed by atoms with Gasteiger partial charge in [-0.2, -0.15) is 0 Å². The van der Waals surface area contributed by atoms with Gasteiger partial charge in [0.2, 0.25) is 0 Å². The minimum absolute atomic E-state index is 0.163. The van der Waals surface area contributed by atoms with E-state index >= 15 is 0 Å². The summed E-state index contributed by atoms with van der Waals surface area (Å²) < 4.78 is 13.9. The van der Waals surface area contributed by atoms with Crippen molar-refractivity contribution in [2.75, 3.05) is 31.1 Å². The number of aliphatic hydroxyl groups excluding tert-OH is 1. The lowest BCUT2D eigenvalue weighted by molar-refractivity contribution is -0.385. The van der Waals surface area contributed by atoms with Crippen molar-refractivity contribution in [3.63, 3.8) is 0 Å². The second kappa shape index (κ2) is 5.47. The van der Waals surface area contributed by atoms with Crippen LogP contribution in [0.5, 0.6) is 0 Å². The van der Waals surface area contributed by atoms with Gasteiger partial charge in [0.15, 0.2) is 5.82 Å². The van der Waals surface area contributed by atoms with Crippen LogP contribution in [-0.2, 0) is 0 Å². The molecular formula is C11H15FN4O3. The van der Waals surface area contributed by atoms with E-state index in [9.17, 15) is 19.6 Å². The molecule has 1 unspecified atom stereocenters. The van der Waals surface area contributed by atoms with E-state index in [1.54, 1.807) is 9.91 Å². The van der Waals surface area contributed by atoms with E-state index in [4.69, 9.17) is 5.84 Å². The number of hydrogen-bond acceptors (Lipinski definition) is 6. The number of benzene rings is 1. The number of nitrogens with two attached hydrogens (primary N) is 1. The highest BCUT2D eigenvalue weighted by molar-refractivity contribution is 5.53. The molecule has 0 radical (unpaired) electrons. The lowest BCUT2D eigenvalue weighted by Gasteiger charge is -2.40. The molecule has 7 nitrogen and oxygen atoms in total. The zero-order chi connectivity index (χ0) is 14.0. The Hall–Kier alpha value is -1.77. The smallest absolute Gasteiger partial charge is 0.272 e. The van der Waals surface area contributed by atoms with E-state index in [2.05, 4.69) is 0 Å². The second-order valence-electron chi connectivity index (χ2n) is 4.42. The van der Waals surface area contributed by atoms with Gasteiger partial charge in [0, 0.05) is 25.7 Å². The Balaban J connectivity index is 2.28. The molecule has 104 valence electrons. The van der Waals surface area contributed by atoms with Crippen molar-refractivity contribution >= 4 is 11.4 Å². The molecule has 0 spiro atoms. The van der Waals surface area contributed by atoms with Crippen LogP contribution in [0.4, 0.5) is 15.8 Å². The summed E-state index contributed by atoms with van der Waals surface area (Å²) in [4.78, 5) is 11.6.